The maximum absolute atomic E-state index is 13.3. The van der Waals surface area contributed by atoms with E-state index in [0.717, 1.165) is 0 Å². The van der Waals surface area contributed by atoms with E-state index < -0.39 is 33.9 Å². The number of hydrogen-bond acceptors (Lipinski definition) is 7. The van der Waals surface area contributed by atoms with Crippen LogP contribution < -0.4 is 16.0 Å². The highest BCUT2D eigenvalue weighted by molar-refractivity contribution is 8.00. The summed E-state index contributed by atoms with van der Waals surface area (Å²) in [6, 6.07) is 24.5. The van der Waals surface area contributed by atoms with E-state index in [1.165, 1.54) is 60.3 Å². The predicted molar refractivity (Wildman–Crippen MR) is 172 cm³/mol. The first-order valence-electron chi connectivity index (χ1n) is 13.2. The minimum absolute atomic E-state index is 0.0157. The number of anilines is 2. The van der Waals surface area contributed by atoms with E-state index >= 15 is 0 Å². The topological polar surface area (TPSA) is 168 Å². The summed E-state index contributed by atoms with van der Waals surface area (Å²) < 4.78 is 0. The number of carboxylic acids is 1. The third kappa shape index (κ3) is 9.02. The zero-order chi connectivity index (χ0) is 32.5. The molecule has 4 N–H and O–H groups in total. The minimum Gasteiger partial charge on any atom is -0.478 e. The Labute approximate surface area is 266 Å². The summed E-state index contributed by atoms with van der Waals surface area (Å²) in [5, 5.41) is 27.8. The number of nitro benzene ring substituents is 1. The summed E-state index contributed by atoms with van der Waals surface area (Å²) in [5.74, 6) is -2.69. The second-order valence-electron chi connectivity index (χ2n) is 9.45. The molecule has 3 amide bonds. The lowest BCUT2D eigenvalue weighted by Crippen LogP contribution is -2.30. The lowest BCUT2D eigenvalue weighted by atomic mass is 10.1. The van der Waals surface area contributed by atoms with E-state index in [9.17, 15) is 34.4 Å². The van der Waals surface area contributed by atoms with Gasteiger partial charge < -0.3 is 21.1 Å². The van der Waals surface area contributed by atoms with Gasteiger partial charge in [0.05, 0.1) is 26.4 Å². The van der Waals surface area contributed by atoms with E-state index in [-0.39, 0.29) is 27.7 Å². The fourth-order valence-electron chi connectivity index (χ4n) is 3.86. The van der Waals surface area contributed by atoms with Crippen molar-refractivity contribution in [3.63, 3.8) is 0 Å². The van der Waals surface area contributed by atoms with E-state index in [1.54, 1.807) is 61.5 Å². The van der Waals surface area contributed by atoms with Crippen molar-refractivity contribution in [2.24, 2.45) is 0 Å². The van der Waals surface area contributed by atoms with Crippen molar-refractivity contribution in [1.29, 1.82) is 0 Å². The molecule has 0 spiro atoms. The van der Waals surface area contributed by atoms with Gasteiger partial charge in [-0.3, -0.25) is 24.5 Å². The largest absolute Gasteiger partial charge is 0.478 e. The Morgan fingerprint density at radius 1 is 0.889 bits per heavy atom. The average molecular weight is 645 g/mol. The Balaban J connectivity index is 1.45. The van der Waals surface area contributed by atoms with Gasteiger partial charge in [0, 0.05) is 28.3 Å². The van der Waals surface area contributed by atoms with Crippen LogP contribution in [0.4, 0.5) is 17.1 Å². The maximum atomic E-state index is 13.3. The first kappa shape index (κ1) is 32.5. The second kappa shape index (κ2) is 14.8. The molecule has 4 aromatic rings. The third-order valence-corrected chi connectivity index (χ3v) is 7.65. The summed E-state index contributed by atoms with van der Waals surface area (Å²) in [6.45, 7) is 1.68. The van der Waals surface area contributed by atoms with Gasteiger partial charge >= 0.3 is 5.97 Å². The van der Waals surface area contributed by atoms with Crippen LogP contribution in [0.5, 0.6) is 0 Å². The molecule has 45 heavy (non-hydrogen) atoms. The molecule has 0 saturated carbocycles. The van der Waals surface area contributed by atoms with Crippen LogP contribution in [0.1, 0.15) is 33.2 Å². The van der Waals surface area contributed by atoms with Crippen molar-refractivity contribution in [1.82, 2.24) is 5.32 Å². The van der Waals surface area contributed by atoms with E-state index in [1.807, 2.05) is 0 Å². The van der Waals surface area contributed by atoms with Crippen molar-refractivity contribution >= 4 is 70.2 Å². The smallest absolute Gasteiger partial charge is 0.335 e. The van der Waals surface area contributed by atoms with Gasteiger partial charge in [0.1, 0.15) is 5.70 Å². The highest BCUT2D eigenvalue weighted by Gasteiger charge is 2.18. The molecule has 13 heteroatoms. The number of thioether (sulfide) groups is 1. The fraction of sp³-hybridized carbons (Fsp3) is 0.0625. The summed E-state index contributed by atoms with van der Waals surface area (Å²) in [6.07, 6.45) is 1.41. The van der Waals surface area contributed by atoms with Gasteiger partial charge in [-0.05, 0) is 85.3 Å². The zero-order valence-corrected chi connectivity index (χ0v) is 25.1. The first-order chi connectivity index (χ1) is 21.5. The summed E-state index contributed by atoms with van der Waals surface area (Å²) in [5.41, 5.74) is 1.15. The number of amides is 3. The third-order valence-electron chi connectivity index (χ3n) is 6.21. The molecule has 1 atom stereocenters. The van der Waals surface area contributed by atoms with Gasteiger partial charge in [0.2, 0.25) is 5.91 Å². The quantitative estimate of drug-likeness (QED) is 0.0623. The molecule has 0 saturated heterocycles. The van der Waals surface area contributed by atoms with Crippen molar-refractivity contribution in [3.05, 3.63) is 135 Å². The number of carboxylic acid groups (broad SMARTS) is 1. The molecule has 0 bridgehead atoms. The molecule has 228 valence electrons. The zero-order valence-electron chi connectivity index (χ0n) is 23.5. The molecule has 4 aromatic carbocycles. The number of carbonyl (C=O) groups excluding carboxylic acids is 3. The summed E-state index contributed by atoms with van der Waals surface area (Å²) in [7, 11) is 0. The Morgan fingerprint density at radius 2 is 1.56 bits per heavy atom. The Morgan fingerprint density at radius 3 is 2.18 bits per heavy atom. The average Bonchev–Trinajstić information content (AvgIpc) is 3.03. The van der Waals surface area contributed by atoms with Crippen LogP contribution in [0.25, 0.3) is 6.08 Å². The standard InChI is InChI=1S/C32H25ClN4O7S/c1-19(29(38)35-27-18-22(32(41)42)9-16-26(27)33)45-25-14-10-23(11-15-25)34-31(40)28(36-30(39)21-5-3-2-4-6-21)17-20-7-12-24(13-8-20)37(43)44/h2-19H,1H3,(H,34,40)(H,35,38)(H,36,39)(H,41,42)/b28-17-. The SMILES string of the molecule is CC(Sc1ccc(NC(=O)/C(=C/c2ccc([N+](=O)[O-])cc2)NC(=O)c2ccccc2)cc1)C(=O)Nc1cc(C(=O)O)ccc1Cl. The molecule has 0 fully saturated rings. The number of non-ortho nitro benzene ring substituents is 1. The van der Waals surface area contributed by atoms with Crippen LogP contribution in [0, 0.1) is 10.1 Å². The van der Waals surface area contributed by atoms with Crippen LogP contribution >= 0.6 is 23.4 Å². The minimum atomic E-state index is -1.15. The molecular formula is C32H25ClN4O7S. The van der Waals surface area contributed by atoms with Gasteiger partial charge in [-0.2, -0.15) is 0 Å². The monoisotopic (exact) mass is 644 g/mol. The van der Waals surface area contributed by atoms with Crippen molar-refractivity contribution in [2.75, 3.05) is 10.6 Å². The second-order valence-corrected chi connectivity index (χ2v) is 11.3. The fourth-order valence-corrected chi connectivity index (χ4v) is 4.89. The highest BCUT2D eigenvalue weighted by atomic mass is 35.5. The van der Waals surface area contributed by atoms with Crippen LogP contribution in [0.15, 0.2) is 108 Å². The summed E-state index contributed by atoms with van der Waals surface area (Å²) in [4.78, 5) is 61.3. The number of benzene rings is 4. The molecular weight excluding hydrogens is 620 g/mol. The number of carbonyl (C=O) groups is 4. The van der Waals surface area contributed by atoms with Crippen LogP contribution in [-0.4, -0.2) is 39.0 Å². The molecule has 4 rings (SSSR count). The van der Waals surface area contributed by atoms with Crippen molar-refractivity contribution in [2.45, 2.75) is 17.1 Å². The number of nitrogens with zero attached hydrogens (tertiary/aromatic N) is 1. The van der Waals surface area contributed by atoms with Crippen molar-refractivity contribution < 1.29 is 29.2 Å². The van der Waals surface area contributed by atoms with Gasteiger partial charge in [0.25, 0.3) is 17.5 Å². The van der Waals surface area contributed by atoms with E-state index in [0.29, 0.717) is 21.7 Å². The maximum Gasteiger partial charge on any atom is 0.335 e. The number of hydrogen-bond donors (Lipinski definition) is 4. The van der Waals surface area contributed by atoms with Crippen LogP contribution in [0.3, 0.4) is 0 Å². The molecule has 1 unspecified atom stereocenters. The number of rotatable bonds is 11. The van der Waals surface area contributed by atoms with Crippen LogP contribution in [0.2, 0.25) is 5.02 Å². The van der Waals surface area contributed by atoms with Gasteiger partial charge in [0.15, 0.2) is 0 Å². The molecule has 11 nitrogen and oxygen atoms in total. The number of nitrogens with one attached hydrogen (secondary N) is 3. The van der Waals surface area contributed by atoms with Gasteiger partial charge in [-0.25, -0.2) is 4.79 Å². The van der Waals surface area contributed by atoms with E-state index in [2.05, 4.69) is 16.0 Å². The number of aromatic carboxylic acids is 1. The normalized spacial score (nSPS) is 11.6. The molecule has 0 aliphatic heterocycles. The first-order valence-corrected chi connectivity index (χ1v) is 14.5. The van der Waals surface area contributed by atoms with E-state index in [4.69, 9.17) is 11.6 Å². The molecule has 0 aliphatic carbocycles. The Bertz CT molecular complexity index is 1780. The molecule has 0 radical (unpaired) electrons. The Kier molecular flexibility index (Phi) is 10.7. The molecule has 0 heterocycles. The Hall–Kier alpha value is -5.46. The molecule has 0 aliphatic rings. The van der Waals surface area contributed by atoms with Crippen LogP contribution in [-0.2, 0) is 9.59 Å². The lowest BCUT2D eigenvalue weighted by Gasteiger charge is -2.14. The van der Waals surface area contributed by atoms with Crippen molar-refractivity contribution in [3.8, 4) is 0 Å². The number of nitro groups is 1. The predicted octanol–water partition coefficient (Wildman–Crippen LogP) is 6.48. The number of halogens is 1. The van der Waals surface area contributed by atoms with Gasteiger partial charge in [-0.1, -0.05) is 29.8 Å². The van der Waals surface area contributed by atoms with Gasteiger partial charge in [-0.15, -0.1) is 11.8 Å². The lowest BCUT2D eigenvalue weighted by molar-refractivity contribution is -0.384. The summed E-state index contributed by atoms with van der Waals surface area (Å²) >= 11 is 7.34. The highest BCUT2D eigenvalue weighted by Crippen LogP contribution is 2.28. The molecule has 0 aromatic heterocycles.